The second kappa shape index (κ2) is 6.42. The number of hydrogen-bond donors (Lipinski definition) is 1. The number of carbonyl (C=O) groups is 1. The molecule has 1 aromatic heterocycles. The van der Waals surface area contributed by atoms with Crippen LogP contribution < -0.4 is 5.32 Å². The normalized spacial score (nSPS) is 27.5. The number of aromatic nitrogens is 2. The van der Waals surface area contributed by atoms with Gasteiger partial charge >= 0.3 is 0 Å². The predicted molar refractivity (Wildman–Crippen MR) is 85.4 cm³/mol. The number of fused-ring (bicyclic) bond motifs is 2. The van der Waals surface area contributed by atoms with Crippen LogP contribution in [0.5, 0.6) is 0 Å². The molecule has 3 rings (SSSR count). The summed E-state index contributed by atoms with van der Waals surface area (Å²) in [6, 6.07) is 0. The van der Waals surface area contributed by atoms with E-state index in [0.29, 0.717) is 23.4 Å². The molecule has 3 atom stereocenters. The Morgan fingerprint density at radius 3 is 2.71 bits per heavy atom. The van der Waals surface area contributed by atoms with Crippen molar-refractivity contribution in [3.63, 3.8) is 0 Å². The molecule has 0 radical (unpaired) electrons. The fraction of sp³-hybridized carbons (Fsp3) is 0.812. The zero-order valence-electron chi connectivity index (χ0n) is 13.0. The molecular formula is C16H25N3OS. The van der Waals surface area contributed by atoms with Gasteiger partial charge in [0.05, 0.1) is 0 Å². The first-order valence-corrected chi connectivity index (χ1v) is 9.14. The molecule has 1 N–H and O–H groups in total. The lowest BCUT2D eigenvalue weighted by atomic mass is 9.86. The fourth-order valence-electron chi connectivity index (χ4n) is 4.12. The summed E-state index contributed by atoms with van der Waals surface area (Å²) in [7, 11) is 0. The minimum Gasteiger partial charge on any atom is -0.301 e. The molecule has 0 spiro atoms. The quantitative estimate of drug-likeness (QED) is 0.856. The highest BCUT2D eigenvalue weighted by Crippen LogP contribution is 2.49. The Balaban J connectivity index is 1.53. The van der Waals surface area contributed by atoms with E-state index in [2.05, 4.69) is 29.4 Å². The molecule has 1 aromatic rings. The van der Waals surface area contributed by atoms with Gasteiger partial charge in [0.15, 0.2) is 0 Å². The fourth-order valence-corrected chi connectivity index (χ4v) is 5.15. The van der Waals surface area contributed by atoms with Gasteiger partial charge in [-0.2, -0.15) is 0 Å². The lowest BCUT2D eigenvalue weighted by Crippen LogP contribution is -2.20. The summed E-state index contributed by atoms with van der Waals surface area (Å²) >= 11 is 1.54. The van der Waals surface area contributed by atoms with Gasteiger partial charge in [-0.3, -0.25) is 4.79 Å². The monoisotopic (exact) mass is 307 g/mol. The Labute approximate surface area is 130 Å². The zero-order valence-corrected chi connectivity index (χ0v) is 13.8. The van der Waals surface area contributed by atoms with Crippen LogP contribution in [0.25, 0.3) is 0 Å². The van der Waals surface area contributed by atoms with Crippen LogP contribution in [0.1, 0.15) is 69.7 Å². The van der Waals surface area contributed by atoms with Crippen LogP contribution in [0.15, 0.2) is 0 Å². The molecule has 2 bridgehead atoms. The van der Waals surface area contributed by atoms with Crippen molar-refractivity contribution in [1.29, 1.82) is 0 Å². The van der Waals surface area contributed by atoms with E-state index >= 15 is 0 Å². The van der Waals surface area contributed by atoms with Crippen LogP contribution in [0.3, 0.4) is 0 Å². The minimum atomic E-state index is 0.125. The van der Waals surface area contributed by atoms with Gasteiger partial charge in [-0.05, 0) is 49.9 Å². The first-order chi connectivity index (χ1) is 10.2. The van der Waals surface area contributed by atoms with Crippen LogP contribution in [0.4, 0.5) is 5.13 Å². The van der Waals surface area contributed by atoms with Crippen molar-refractivity contribution >= 4 is 22.4 Å². The highest BCUT2D eigenvalue weighted by atomic mass is 32.1. The average molecular weight is 307 g/mol. The van der Waals surface area contributed by atoms with Crippen molar-refractivity contribution in [2.75, 3.05) is 5.32 Å². The van der Waals surface area contributed by atoms with Crippen molar-refractivity contribution in [3.8, 4) is 0 Å². The standard InChI is InChI=1S/C16H25N3OS/c1-3-11(4-2)15-18-19-16(21-15)17-14(20)9-13-8-10-5-6-12(13)7-10/h10-13H,3-9H2,1-2H3,(H,17,19,20). The second-order valence-corrected chi connectivity index (χ2v) is 7.66. The first-order valence-electron chi connectivity index (χ1n) is 8.32. The number of amides is 1. The molecule has 4 nitrogen and oxygen atoms in total. The van der Waals surface area contributed by atoms with Crippen molar-refractivity contribution in [2.24, 2.45) is 17.8 Å². The second-order valence-electron chi connectivity index (χ2n) is 6.65. The number of carbonyl (C=O) groups excluding carboxylic acids is 1. The highest BCUT2D eigenvalue weighted by Gasteiger charge is 2.40. The summed E-state index contributed by atoms with van der Waals surface area (Å²) in [6.07, 6.45) is 8.15. The Morgan fingerprint density at radius 1 is 1.29 bits per heavy atom. The minimum absolute atomic E-state index is 0.125. The van der Waals surface area contributed by atoms with Crippen LogP contribution in [-0.2, 0) is 4.79 Å². The molecule has 1 heterocycles. The van der Waals surface area contributed by atoms with Crippen molar-refractivity contribution in [3.05, 3.63) is 5.01 Å². The topological polar surface area (TPSA) is 54.9 Å². The maximum absolute atomic E-state index is 12.2. The van der Waals surface area contributed by atoms with Gasteiger partial charge in [0.1, 0.15) is 5.01 Å². The van der Waals surface area contributed by atoms with E-state index in [1.165, 1.54) is 37.0 Å². The molecule has 2 aliphatic carbocycles. The molecule has 116 valence electrons. The Morgan fingerprint density at radius 2 is 2.10 bits per heavy atom. The average Bonchev–Trinajstić information content (AvgIpc) is 3.17. The van der Waals surface area contributed by atoms with E-state index in [0.717, 1.165) is 29.7 Å². The molecule has 3 unspecified atom stereocenters. The molecule has 2 fully saturated rings. The third-order valence-corrected chi connectivity index (χ3v) is 6.36. The van der Waals surface area contributed by atoms with Gasteiger partial charge in [0, 0.05) is 12.3 Å². The first kappa shape index (κ1) is 14.9. The Bertz CT molecular complexity index is 497. The number of anilines is 1. The summed E-state index contributed by atoms with van der Waals surface area (Å²) in [6.45, 7) is 4.34. The van der Waals surface area contributed by atoms with Gasteiger partial charge in [-0.1, -0.05) is 31.6 Å². The van der Waals surface area contributed by atoms with Crippen molar-refractivity contribution in [1.82, 2.24) is 10.2 Å². The smallest absolute Gasteiger partial charge is 0.226 e. The van der Waals surface area contributed by atoms with Gasteiger partial charge in [0.25, 0.3) is 0 Å². The molecule has 5 heteroatoms. The summed E-state index contributed by atoms with van der Waals surface area (Å²) in [5, 5.41) is 13.0. The van der Waals surface area contributed by atoms with E-state index in [1.54, 1.807) is 0 Å². The van der Waals surface area contributed by atoms with Crippen molar-refractivity contribution in [2.45, 2.75) is 64.7 Å². The van der Waals surface area contributed by atoms with Gasteiger partial charge in [-0.25, -0.2) is 0 Å². The van der Waals surface area contributed by atoms with Crippen LogP contribution in [0.2, 0.25) is 0 Å². The Hall–Kier alpha value is -0.970. The van der Waals surface area contributed by atoms with Crippen molar-refractivity contribution < 1.29 is 4.79 Å². The van der Waals surface area contributed by atoms with E-state index in [1.807, 2.05) is 0 Å². The number of hydrogen-bond acceptors (Lipinski definition) is 4. The van der Waals surface area contributed by atoms with E-state index < -0.39 is 0 Å². The lowest BCUT2D eigenvalue weighted by Gasteiger charge is -2.20. The maximum atomic E-state index is 12.2. The number of rotatable bonds is 6. The summed E-state index contributed by atoms with van der Waals surface area (Å²) in [5.41, 5.74) is 0. The lowest BCUT2D eigenvalue weighted by molar-refractivity contribution is -0.117. The molecular weight excluding hydrogens is 282 g/mol. The van der Waals surface area contributed by atoms with Crippen LogP contribution in [-0.4, -0.2) is 16.1 Å². The van der Waals surface area contributed by atoms with E-state index in [4.69, 9.17) is 0 Å². The van der Waals surface area contributed by atoms with Gasteiger partial charge in [-0.15, -0.1) is 10.2 Å². The molecule has 21 heavy (non-hydrogen) atoms. The van der Waals surface area contributed by atoms with E-state index in [9.17, 15) is 4.79 Å². The highest BCUT2D eigenvalue weighted by molar-refractivity contribution is 7.15. The molecule has 1 amide bonds. The molecule has 0 aromatic carbocycles. The summed E-state index contributed by atoms with van der Waals surface area (Å²) < 4.78 is 0. The molecule has 2 saturated carbocycles. The molecule has 0 saturated heterocycles. The zero-order chi connectivity index (χ0) is 14.8. The molecule has 2 aliphatic rings. The largest absolute Gasteiger partial charge is 0.301 e. The van der Waals surface area contributed by atoms with Crippen LogP contribution in [0, 0.1) is 17.8 Å². The van der Waals surface area contributed by atoms with Gasteiger partial charge < -0.3 is 5.32 Å². The number of nitrogens with one attached hydrogen (secondary N) is 1. The summed E-state index contributed by atoms with van der Waals surface area (Å²) in [4.78, 5) is 12.2. The molecule has 0 aliphatic heterocycles. The van der Waals surface area contributed by atoms with Crippen LogP contribution >= 0.6 is 11.3 Å². The number of nitrogens with zero attached hydrogens (tertiary/aromatic N) is 2. The third-order valence-electron chi connectivity index (χ3n) is 5.35. The van der Waals surface area contributed by atoms with Gasteiger partial charge in [0.2, 0.25) is 11.0 Å². The predicted octanol–water partition coefficient (Wildman–Crippen LogP) is 4.21. The third kappa shape index (κ3) is 3.28. The SMILES string of the molecule is CCC(CC)c1nnc(NC(=O)CC2CC3CCC2C3)s1. The van der Waals surface area contributed by atoms with E-state index in [-0.39, 0.29) is 5.91 Å². The summed E-state index contributed by atoms with van der Waals surface area (Å²) in [5.74, 6) is 2.90. The Kier molecular flexibility index (Phi) is 4.57. The maximum Gasteiger partial charge on any atom is 0.226 e.